The molecule has 19 heteroatoms. The topological polar surface area (TPSA) is 67.0 Å². The number of alkyl halides is 6. The molecule has 3 aromatic heterocycles. The molecule has 0 atom stereocenters. The van der Waals surface area contributed by atoms with Gasteiger partial charge in [-0.05, 0) is 196 Å². The van der Waals surface area contributed by atoms with Gasteiger partial charge in [-0.2, -0.15) is 53.0 Å². The molecule has 18 rings (SSSR count). The summed E-state index contributed by atoms with van der Waals surface area (Å²) in [7, 11) is 8.45. The van der Waals surface area contributed by atoms with Gasteiger partial charge in [-0.1, -0.05) is 204 Å². The Hall–Kier alpha value is -10.5. The summed E-state index contributed by atoms with van der Waals surface area (Å²) in [6, 6.07) is 76.9. The molecule has 4 aliphatic heterocycles. The van der Waals surface area contributed by atoms with Crippen LogP contribution in [-0.2, 0) is 54.5 Å². The number of aromatic nitrogens is 3. The smallest absolute Gasteiger partial charge is 0.657 e. The van der Waals surface area contributed by atoms with E-state index in [1.807, 2.05) is 24.3 Å². The maximum atomic E-state index is 12.7. The van der Waals surface area contributed by atoms with E-state index >= 15 is 0 Å². The van der Waals surface area contributed by atoms with Crippen molar-refractivity contribution in [3.63, 3.8) is 0 Å². The predicted octanol–water partition coefficient (Wildman–Crippen LogP) is 27.2. The summed E-state index contributed by atoms with van der Waals surface area (Å²) < 4.78 is 76.1. The van der Waals surface area contributed by atoms with Crippen LogP contribution in [0.5, 0.6) is 0 Å². The van der Waals surface area contributed by atoms with Crippen molar-refractivity contribution in [1.29, 1.82) is 0 Å². The van der Waals surface area contributed by atoms with Crippen molar-refractivity contribution in [3.05, 3.63) is 308 Å². The van der Waals surface area contributed by atoms with Crippen LogP contribution in [-0.4, -0.2) is 33.2 Å². The number of nitrogens with zero attached hydrogens (tertiary/aromatic N) is 11. The molecule has 0 N–H and O–H groups in total. The molecule has 4 aliphatic rings. The van der Waals surface area contributed by atoms with Crippen molar-refractivity contribution >= 4 is 112 Å². The molecular weight excluding hydrogens is 1850 g/mol. The summed E-state index contributed by atoms with van der Waals surface area (Å²) in [5, 5.41) is 2.52. The minimum atomic E-state index is -4.56. The summed E-state index contributed by atoms with van der Waals surface area (Å²) in [6.07, 6.45) is -5.51. The summed E-state index contributed by atoms with van der Waals surface area (Å²) >= 11 is 0. The van der Waals surface area contributed by atoms with Crippen LogP contribution in [0.1, 0.15) is 163 Å². The summed E-state index contributed by atoms with van der Waals surface area (Å²) in [5.41, 5.74) is 27.9. The van der Waals surface area contributed by atoms with E-state index in [1.54, 1.807) is 12.4 Å². The zero-order chi connectivity index (χ0) is 82.1. The molecule has 608 valence electrons. The van der Waals surface area contributed by atoms with Crippen molar-refractivity contribution in [3.8, 4) is 22.3 Å². The van der Waals surface area contributed by atoms with Gasteiger partial charge in [0.25, 0.3) is 0 Å². The third kappa shape index (κ3) is 16.9. The second kappa shape index (κ2) is 34.5. The van der Waals surface area contributed by atoms with E-state index in [0.29, 0.717) is 35.5 Å². The Kier molecular flexibility index (Phi) is 24.9. The van der Waals surface area contributed by atoms with Gasteiger partial charge >= 0.3 is 54.5 Å². The van der Waals surface area contributed by atoms with E-state index in [2.05, 4.69) is 356 Å². The average molecular weight is 1940 g/mol. The van der Waals surface area contributed by atoms with Gasteiger partial charge in [-0.15, -0.1) is 92.3 Å². The molecule has 14 aromatic rings. The Morgan fingerprint density at radius 3 is 0.898 bits per heavy atom. The molecule has 0 fully saturated rings. The van der Waals surface area contributed by atoms with Crippen LogP contribution in [0.2, 0.25) is 0 Å². The number of halogens is 6. The molecule has 0 bridgehead atoms. The van der Waals surface area contributed by atoms with Gasteiger partial charge in [0, 0.05) is 57.9 Å². The van der Waals surface area contributed by atoms with Crippen molar-refractivity contribution in [2.45, 2.75) is 131 Å². The third-order valence-corrected chi connectivity index (χ3v) is 22.2. The standard InChI is InChI=1S/2C37H41N4.C14H6F6N.C11H7N2.2Pt/c2*1-24(2)27-19-31(25(3)4)37(32(20-27)26(5)6)28-17-29(40-22-38(7)33-13-9-11-15-35(33)40)21-30(18-28)41-23-39(8)34-14-10-12-16-36(34)41;15-13(16,17)7-1-3-11-9(5-7)10-6-8(14(18,19)20)2-4-12(10)21-11;1-2-4-10-8(3-1)9-5-6-12-7-11(9)13-10;;/h2*9-20,22-26H,1-8H3;1-6H;1-7H;;/q2*-3;2*-1;2*+4. The molecule has 0 radical (unpaired) electrons. The molecule has 0 spiro atoms. The minimum Gasteiger partial charge on any atom is -0.657 e. The summed E-state index contributed by atoms with van der Waals surface area (Å²) in [6.45, 7) is 36.5. The van der Waals surface area contributed by atoms with Gasteiger partial charge in [0.05, 0.1) is 11.1 Å². The van der Waals surface area contributed by atoms with Crippen molar-refractivity contribution in [2.75, 3.05) is 67.4 Å². The zero-order valence-corrected chi connectivity index (χ0v) is 73.5. The Morgan fingerprint density at radius 1 is 0.314 bits per heavy atom. The van der Waals surface area contributed by atoms with E-state index in [1.165, 1.54) is 112 Å². The average Bonchev–Trinajstić information content (AvgIpc) is 1.11. The number of anilines is 12. The van der Waals surface area contributed by atoms with Gasteiger partial charge in [0.2, 0.25) is 0 Å². The molecule has 0 saturated carbocycles. The fourth-order valence-corrected chi connectivity index (χ4v) is 16.1. The molecule has 0 saturated heterocycles. The first-order valence-corrected chi connectivity index (χ1v) is 39.6. The second-order valence-electron chi connectivity index (χ2n) is 32.3. The van der Waals surface area contributed by atoms with Gasteiger partial charge in [0.1, 0.15) is 0 Å². The fraction of sp³-hybridized carbons (Fsp3) is 0.242. The van der Waals surface area contributed by atoms with Crippen LogP contribution in [0, 0.1) is 38.8 Å². The molecule has 11 aromatic carbocycles. The quantitative estimate of drug-likeness (QED) is 0.0868. The van der Waals surface area contributed by atoms with E-state index in [0.717, 1.165) is 70.2 Å². The maximum absolute atomic E-state index is 12.7. The van der Waals surface area contributed by atoms with Gasteiger partial charge < -0.3 is 49.2 Å². The van der Waals surface area contributed by atoms with Crippen LogP contribution < -0.4 is 49.2 Å². The first-order valence-electron chi connectivity index (χ1n) is 39.6. The number of fused-ring (bicyclic) bond motifs is 10. The number of rotatable bonds is 12. The number of hydrogen-bond donors (Lipinski definition) is 0. The monoisotopic (exact) mass is 1940 g/mol. The van der Waals surface area contributed by atoms with Crippen LogP contribution >= 0.6 is 0 Å². The SMILES string of the molecule is CC(C)c1cc(C(C)C)c(-c2cc(N3[CH-]N(C)c4ccccc43)[c-]c(N3[CH-]N(C)c4ccccc43)c2)c(C(C)C)c1.CC(C)c1cc(C(C)C)c(-c2cc(N3[CH-]N(C)c4ccccc43)[c-]c(N3[CH-]N(C)c4ccccc43)c2)c(C(C)C)c1.FC(F)(F)c1ccc2[n-]c3ccc(C(F)(F)F)cc3c2c1.[Pt+4].[Pt+4].c1ccc2c(c1)[n-]c1cnccc12. The second-order valence-corrected chi connectivity index (χ2v) is 32.3. The van der Waals surface area contributed by atoms with Crippen molar-refractivity contribution in [2.24, 2.45) is 0 Å². The summed E-state index contributed by atoms with van der Waals surface area (Å²) in [5.74, 6) is 2.54. The normalized spacial score (nSPS) is 13.7. The minimum absolute atomic E-state index is 0. The van der Waals surface area contributed by atoms with Crippen LogP contribution in [0.3, 0.4) is 0 Å². The Balaban J connectivity index is 0.000000146. The number of hydrogen-bond acceptors (Lipinski definition) is 9. The van der Waals surface area contributed by atoms with Crippen molar-refractivity contribution in [1.82, 2.24) is 15.0 Å². The van der Waals surface area contributed by atoms with E-state index < -0.39 is 23.5 Å². The Labute approximate surface area is 718 Å². The van der Waals surface area contributed by atoms with Crippen LogP contribution in [0.15, 0.2) is 225 Å². The number of para-hydroxylation sites is 9. The third-order valence-electron chi connectivity index (χ3n) is 22.2. The van der Waals surface area contributed by atoms with E-state index in [4.69, 9.17) is 0 Å². The molecule has 11 nitrogen and oxygen atoms in total. The van der Waals surface area contributed by atoms with E-state index in [-0.39, 0.29) is 63.9 Å². The van der Waals surface area contributed by atoms with Crippen LogP contribution in [0.25, 0.3) is 65.9 Å². The van der Waals surface area contributed by atoms with Gasteiger partial charge in [-0.3, -0.25) is 4.98 Å². The van der Waals surface area contributed by atoms with Gasteiger partial charge in [0.15, 0.2) is 0 Å². The number of benzene rings is 11. The first-order chi connectivity index (χ1) is 55.4. The number of pyridine rings is 1. The largest absolute Gasteiger partial charge is 4.00 e. The molecule has 118 heavy (non-hydrogen) atoms. The van der Waals surface area contributed by atoms with Gasteiger partial charge in [-0.25, -0.2) is 0 Å². The van der Waals surface area contributed by atoms with Crippen molar-refractivity contribution < 1.29 is 68.5 Å². The molecule has 7 heterocycles. The van der Waals surface area contributed by atoms with E-state index in [9.17, 15) is 26.3 Å². The first kappa shape index (κ1) is 85.4. The summed E-state index contributed by atoms with van der Waals surface area (Å²) in [4.78, 5) is 30.4. The molecule has 0 unspecified atom stereocenters. The molecular formula is C99H95F6N11Pt2. The Bertz CT molecular complexity index is 5410. The molecule has 0 aliphatic carbocycles. The Morgan fingerprint density at radius 2 is 0.593 bits per heavy atom. The predicted molar refractivity (Wildman–Crippen MR) is 468 cm³/mol. The maximum Gasteiger partial charge on any atom is 4.00 e. The zero-order valence-electron chi connectivity index (χ0n) is 69.0. The fourth-order valence-electron chi connectivity index (χ4n) is 16.1. The molecule has 0 amide bonds. The van der Waals surface area contributed by atoms with Crippen LogP contribution in [0.4, 0.5) is 94.6 Å².